The van der Waals surface area contributed by atoms with Gasteiger partial charge in [-0.2, -0.15) is 0 Å². The van der Waals surface area contributed by atoms with Crippen molar-refractivity contribution >= 4 is 19.8 Å². The van der Waals surface area contributed by atoms with Crippen molar-refractivity contribution in [3.05, 3.63) is 12.2 Å². The van der Waals surface area contributed by atoms with Gasteiger partial charge in [-0.25, -0.2) is 4.57 Å². The summed E-state index contributed by atoms with van der Waals surface area (Å²) < 4.78 is 33.3. The largest absolute Gasteiger partial charge is 0.472 e. The molecule has 6 unspecified atom stereocenters. The smallest absolute Gasteiger partial charge is 0.462 e. The van der Waals surface area contributed by atoms with Gasteiger partial charge in [0.1, 0.15) is 43.2 Å². The number of allylic oxidation sites excluding steroid dienone is 2. The zero-order valence-corrected chi connectivity index (χ0v) is 32.8. The lowest BCUT2D eigenvalue weighted by atomic mass is 9.85. The topological polar surface area (TPSA) is 210 Å². The fraction of sp³-hybridized carbons (Fsp3) is 0.895. The molecular formula is C38H71O13P. The summed E-state index contributed by atoms with van der Waals surface area (Å²) in [4.78, 5) is 35.4. The number of rotatable bonds is 32. The standard InChI is InChI=1S/C38H71O13P/c1-3-5-7-9-11-13-15-16-17-19-20-22-24-26-31(39)48-28-30(50-32(40)27-25-23-21-18-14-12-10-8-6-4-2)29-49-52(46,47)51-38-36(44)34(42)33(41)35(43)37(38)45/h16-17,30,33-38,41-45H,3-15,18-29H2,1-2H3,(H,46,47)/b17-16+/t30-,33?,34-,35?,36?,37?,38?/m1/s1. The summed E-state index contributed by atoms with van der Waals surface area (Å²) in [7, 11) is -5.10. The molecule has 306 valence electrons. The molecule has 0 amide bonds. The van der Waals surface area contributed by atoms with E-state index in [4.69, 9.17) is 18.5 Å². The monoisotopic (exact) mass is 766 g/mol. The van der Waals surface area contributed by atoms with Crippen LogP contribution in [-0.2, 0) is 32.7 Å². The Bertz CT molecular complexity index is 980. The molecule has 0 radical (unpaired) electrons. The molecule has 0 spiro atoms. The van der Waals surface area contributed by atoms with E-state index in [1.54, 1.807) is 0 Å². The van der Waals surface area contributed by atoms with Crippen LogP contribution >= 0.6 is 7.82 Å². The van der Waals surface area contributed by atoms with Crippen molar-refractivity contribution in [1.29, 1.82) is 0 Å². The Morgan fingerprint density at radius 3 is 1.48 bits per heavy atom. The fourth-order valence-electron chi connectivity index (χ4n) is 6.05. The number of carbonyl (C=O) groups is 2. The van der Waals surface area contributed by atoms with Gasteiger partial charge in [0.15, 0.2) is 6.10 Å². The van der Waals surface area contributed by atoms with E-state index in [0.29, 0.717) is 12.8 Å². The molecule has 1 rings (SSSR count). The van der Waals surface area contributed by atoms with Crippen LogP contribution in [-0.4, -0.2) is 98.3 Å². The molecule has 8 atom stereocenters. The van der Waals surface area contributed by atoms with Crippen LogP contribution in [0.1, 0.15) is 162 Å². The predicted octanol–water partition coefficient (Wildman–Crippen LogP) is 6.33. The average Bonchev–Trinajstić information content (AvgIpc) is 3.12. The van der Waals surface area contributed by atoms with Crippen molar-refractivity contribution in [1.82, 2.24) is 0 Å². The van der Waals surface area contributed by atoms with Crippen molar-refractivity contribution in [2.24, 2.45) is 0 Å². The molecule has 0 heterocycles. The summed E-state index contributed by atoms with van der Waals surface area (Å²) in [5, 5.41) is 49.9. The van der Waals surface area contributed by atoms with Gasteiger partial charge in [-0.1, -0.05) is 122 Å². The van der Waals surface area contributed by atoms with Gasteiger partial charge in [0.2, 0.25) is 0 Å². The van der Waals surface area contributed by atoms with Crippen LogP contribution in [0.4, 0.5) is 0 Å². The minimum Gasteiger partial charge on any atom is -0.462 e. The fourth-order valence-corrected chi connectivity index (χ4v) is 7.02. The normalized spacial score (nSPS) is 23.8. The summed E-state index contributed by atoms with van der Waals surface area (Å²) in [6.45, 7) is 3.23. The molecule has 0 aliphatic heterocycles. The Morgan fingerprint density at radius 2 is 0.981 bits per heavy atom. The molecular weight excluding hydrogens is 695 g/mol. The van der Waals surface area contributed by atoms with Crippen LogP contribution in [0.2, 0.25) is 0 Å². The number of aliphatic hydroxyl groups excluding tert-OH is 5. The van der Waals surface area contributed by atoms with E-state index in [1.165, 1.54) is 70.6 Å². The van der Waals surface area contributed by atoms with E-state index < -0.39 is 75.7 Å². The second-order valence-electron chi connectivity index (χ2n) is 14.1. The molecule has 1 aliphatic rings. The van der Waals surface area contributed by atoms with E-state index in [2.05, 4.69) is 26.0 Å². The van der Waals surface area contributed by atoms with Gasteiger partial charge in [0, 0.05) is 12.8 Å². The highest BCUT2D eigenvalue weighted by molar-refractivity contribution is 7.47. The minimum atomic E-state index is -5.10. The van der Waals surface area contributed by atoms with Crippen LogP contribution in [0, 0.1) is 0 Å². The number of esters is 2. The minimum absolute atomic E-state index is 0.0974. The van der Waals surface area contributed by atoms with E-state index in [-0.39, 0.29) is 12.8 Å². The summed E-state index contributed by atoms with van der Waals surface area (Å²) in [5.74, 6) is -1.12. The van der Waals surface area contributed by atoms with Gasteiger partial charge in [0.25, 0.3) is 0 Å². The molecule has 0 aromatic rings. The molecule has 6 N–H and O–H groups in total. The number of hydrogen-bond acceptors (Lipinski definition) is 12. The molecule has 0 bridgehead atoms. The Balaban J connectivity index is 2.54. The molecule has 1 fully saturated rings. The second-order valence-corrected chi connectivity index (χ2v) is 15.5. The van der Waals surface area contributed by atoms with E-state index >= 15 is 0 Å². The molecule has 0 saturated heterocycles. The SMILES string of the molecule is CCCCCCCC/C=C/CCCCCC(=O)OC[C@H](COP(=O)(O)OC1C(O)C(O)C(O)[C@@H](O)C1O)OC(=O)CCCCCCCCCCCC. The zero-order valence-electron chi connectivity index (χ0n) is 31.9. The van der Waals surface area contributed by atoms with E-state index in [1.807, 2.05) is 0 Å². The van der Waals surface area contributed by atoms with Crippen molar-refractivity contribution in [2.45, 2.75) is 204 Å². The molecule has 0 aromatic carbocycles. The van der Waals surface area contributed by atoms with Crippen molar-refractivity contribution in [3.63, 3.8) is 0 Å². The Kier molecular flexibility index (Phi) is 27.9. The first-order valence-corrected chi connectivity index (χ1v) is 21.5. The second kappa shape index (κ2) is 29.9. The third-order valence-corrected chi connectivity index (χ3v) is 10.3. The maximum atomic E-state index is 12.7. The molecule has 52 heavy (non-hydrogen) atoms. The van der Waals surface area contributed by atoms with Gasteiger partial charge < -0.3 is 39.9 Å². The number of phosphoric acid groups is 1. The van der Waals surface area contributed by atoms with Gasteiger partial charge in [-0.3, -0.25) is 18.6 Å². The van der Waals surface area contributed by atoms with E-state index in [0.717, 1.165) is 51.4 Å². The number of phosphoric ester groups is 1. The highest BCUT2D eigenvalue weighted by atomic mass is 31.2. The number of carbonyl (C=O) groups excluding carboxylic acids is 2. The highest BCUT2D eigenvalue weighted by Gasteiger charge is 2.51. The van der Waals surface area contributed by atoms with Gasteiger partial charge in [-0.05, 0) is 38.5 Å². The molecule has 14 heteroatoms. The summed E-state index contributed by atoms with van der Waals surface area (Å²) in [6, 6.07) is 0. The maximum absolute atomic E-state index is 12.7. The Labute approximate surface area is 312 Å². The quantitative estimate of drug-likeness (QED) is 0.0192. The van der Waals surface area contributed by atoms with Crippen molar-refractivity contribution < 1.29 is 63.1 Å². The number of ether oxygens (including phenoxy) is 2. The van der Waals surface area contributed by atoms with Crippen LogP contribution in [0.15, 0.2) is 12.2 Å². The Morgan fingerprint density at radius 1 is 0.577 bits per heavy atom. The predicted molar refractivity (Wildman–Crippen MR) is 198 cm³/mol. The first kappa shape index (κ1) is 48.6. The number of unbranched alkanes of at least 4 members (excludes halogenated alkanes) is 18. The lowest BCUT2D eigenvalue weighted by Crippen LogP contribution is -2.64. The first-order valence-electron chi connectivity index (χ1n) is 20.0. The van der Waals surface area contributed by atoms with Crippen LogP contribution < -0.4 is 0 Å². The van der Waals surface area contributed by atoms with Crippen molar-refractivity contribution in [3.8, 4) is 0 Å². The molecule has 1 aliphatic carbocycles. The third kappa shape index (κ3) is 22.7. The van der Waals surface area contributed by atoms with Crippen LogP contribution in [0.5, 0.6) is 0 Å². The molecule has 13 nitrogen and oxygen atoms in total. The maximum Gasteiger partial charge on any atom is 0.472 e. The first-order chi connectivity index (χ1) is 24.9. The Hall–Kier alpha value is -1.41. The number of hydrogen-bond donors (Lipinski definition) is 6. The zero-order chi connectivity index (χ0) is 38.6. The average molecular weight is 767 g/mol. The number of aliphatic hydroxyl groups is 5. The summed E-state index contributed by atoms with van der Waals surface area (Å²) >= 11 is 0. The van der Waals surface area contributed by atoms with Crippen molar-refractivity contribution in [2.75, 3.05) is 13.2 Å². The van der Waals surface area contributed by atoms with Crippen LogP contribution in [0.3, 0.4) is 0 Å². The lowest BCUT2D eigenvalue weighted by molar-refractivity contribution is -0.220. The summed E-state index contributed by atoms with van der Waals surface area (Å²) in [5.41, 5.74) is 0. The summed E-state index contributed by atoms with van der Waals surface area (Å²) in [6.07, 6.45) is 14.4. The van der Waals surface area contributed by atoms with Crippen LogP contribution in [0.25, 0.3) is 0 Å². The molecule has 1 saturated carbocycles. The van der Waals surface area contributed by atoms with Gasteiger partial charge in [-0.15, -0.1) is 0 Å². The lowest BCUT2D eigenvalue weighted by Gasteiger charge is -2.41. The van der Waals surface area contributed by atoms with E-state index in [9.17, 15) is 44.6 Å². The molecule has 0 aromatic heterocycles. The van der Waals surface area contributed by atoms with Gasteiger partial charge in [0.05, 0.1) is 6.61 Å². The van der Waals surface area contributed by atoms with Gasteiger partial charge >= 0.3 is 19.8 Å². The third-order valence-electron chi connectivity index (χ3n) is 9.36. The highest BCUT2D eigenvalue weighted by Crippen LogP contribution is 2.47.